The van der Waals surface area contributed by atoms with Crippen LogP contribution in [0.1, 0.15) is 161 Å². The summed E-state index contributed by atoms with van der Waals surface area (Å²) < 4.78 is 0. The van der Waals surface area contributed by atoms with Gasteiger partial charge in [0.05, 0.1) is 0 Å². The van der Waals surface area contributed by atoms with Crippen LogP contribution < -0.4 is 21.1 Å². The molecule has 7 aromatic carbocycles. The van der Waals surface area contributed by atoms with E-state index in [1.165, 1.54) is 132 Å². The zero-order valence-electron chi connectivity index (χ0n) is 44.6. The molecule has 0 unspecified atom stereocenters. The fourth-order valence-electron chi connectivity index (χ4n) is 13.1. The van der Waals surface area contributed by atoms with Gasteiger partial charge in [-0.05, 0) is 199 Å². The fraction of sp³-hybridized carbons (Fsp3) is 0.373. The monoisotopic (exact) mass is 919 g/mol. The Morgan fingerprint density at radius 3 is 1.34 bits per heavy atom. The number of rotatable bonds is 6. The van der Waals surface area contributed by atoms with Crippen molar-refractivity contribution in [2.24, 2.45) is 0 Å². The summed E-state index contributed by atoms with van der Waals surface area (Å²) in [5.41, 5.74) is 27.3. The number of fused-ring (bicyclic) bond motifs is 5. The molecule has 1 N–H and O–H groups in total. The summed E-state index contributed by atoms with van der Waals surface area (Å²) in [6, 6.07) is 51.7. The molecule has 0 aromatic heterocycles. The molecule has 0 saturated carbocycles. The number of hydrogen-bond donors (Lipinski definition) is 1. The van der Waals surface area contributed by atoms with Gasteiger partial charge in [0.1, 0.15) is 0 Å². The first-order valence-corrected chi connectivity index (χ1v) is 26.5. The van der Waals surface area contributed by atoms with Crippen molar-refractivity contribution in [2.75, 3.05) is 10.2 Å². The van der Waals surface area contributed by atoms with Gasteiger partial charge in [0.25, 0.3) is 0 Å². The van der Waals surface area contributed by atoms with E-state index in [-0.39, 0.29) is 32.5 Å². The SMILES string of the molecule is Cc1cc2c(cc1N1c3cc4c(cc3Bc3c(-c5cc6c(cc5Nc5ccc(-c7ccccc7)cc5)C(C)(C)CCC6(C)C)cc(-c5ccccc5)cc31)C(C)(C)CCC4(C)C)C(C)(C)CCC2(C)C. The lowest BCUT2D eigenvalue weighted by Crippen LogP contribution is -2.44. The molecule has 0 saturated heterocycles. The molecule has 2 nitrogen and oxygen atoms in total. The number of anilines is 5. The van der Waals surface area contributed by atoms with Crippen molar-refractivity contribution in [3.8, 4) is 33.4 Å². The molecule has 11 rings (SSSR count). The maximum Gasteiger partial charge on any atom is 0.198 e. The highest BCUT2D eigenvalue weighted by Gasteiger charge is 2.43. The van der Waals surface area contributed by atoms with E-state index >= 15 is 0 Å². The van der Waals surface area contributed by atoms with Crippen LogP contribution in [0.3, 0.4) is 0 Å². The molecule has 1 heterocycles. The van der Waals surface area contributed by atoms with E-state index in [2.05, 4.69) is 234 Å². The third kappa shape index (κ3) is 7.77. The van der Waals surface area contributed by atoms with Gasteiger partial charge in [0.15, 0.2) is 7.28 Å². The third-order valence-electron chi connectivity index (χ3n) is 18.2. The van der Waals surface area contributed by atoms with Crippen LogP contribution in [0.4, 0.5) is 28.4 Å². The topological polar surface area (TPSA) is 15.3 Å². The smallest absolute Gasteiger partial charge is 0.198 e. The average Bonchev–Trinajstić information content (AvgIpc) is 3.33. The van der Waals surface area contributed by atoms with Gasteiger partial charge in [-0.3, -0.25) is 0 Å². The summed E-state index contributed by atoms with van der Waals surface area (Å²) in [6.07, 6.45) is 7.07. The van der Waals surface area contributed by atoms with E-state index in [1.807, 2.05) is 0 Å². The second-order valence-corrected chi connectivity index (χ2v) is 25.9. The normalized spacial score (nSPS) is 19.4. The maximum atomic E-state index is 4.10. The van der Waals surface area contributed by atoms with Crippen LogP contribution >= 0.6 is 0 Å². The van der Waals surface area contributed by atoms with Gasteiger partial charge in [-0.15, -0.1) is 0 Å². The zero-order valence-corrected chi connectivity index (χ0v) is 44.6. The van der Waals surface area contributed by atoms with Gasteiger partial charge in [-0.1, -0.05) is 173 Å². The van der Waals surface area contributed by atoms with E-state index in [4.69, 9.17) is 0 Å². The first-order valence-electron chi connectivity index (χ1n) is 26.5. The lowest BCUT2D eigenvalue weighted by atomic mass is 9.54. The Labute approximate surface area is 421 Å². The number of nitrogens with zero attached hydrogens (tertiary/aromatic N) is 1. The first kappa shape index (κ1) is 46.6. The highest BCUT2D eigenvalue weighted by molar-refractivity contribution is 6.73. The van der Waals surface area contributed by atoms with Gasteiger partial charge in [-0.2, -0.15) is 0 Å². The predicted molar refractivity (Wildman–Crippen MR) is 304 cm³/mol. The minimum atomic E-state index is 0.0312. The molecule has 3 heteroatoms. The Morgan fingerprint density at radius 1 is 0.386 bits per heavy atom. The Bertz CT molecular complexity index is 3170. The summed E-state index contributed by atoms with van der Waals surface area (Å²) in [4.78, 5) is 2.73. The Balaban J connectivity index is 1.21. The minimum absolute atomic E-state index is 0.0312. The summed E-state index contributed by atoms with van der Waals surface area (Å²) in [5, 5.41) is 4.10. The van der Waals surface area contributed by atoms with Crippen molar-refractivity contribution in [3.05, 3.63) is 172 Å². The van der Waals surface area contributed by atoms with E-state index in [0.717, 1.165) is 25.8 Å². The van der Waals surface area contributed by atoms with E-state index in [9.17, 15) is 0 Å². The second kappa shape index (κ2) is 16.1. The molecule has 70 heavy (non-hydrogen) atoms. The van der Waals surface area contributed by atoms with E-state index in [0.29, 0.717) is 0 Å². The lowest BCUT2D eigenvalue weighted by molar-refractivity contribution is 0.331. The first-order chi connectivity index (χ1) is 33.0. The molecule has 0 bridgehead atoms. The highest BCUT2D eigenvalue weighted by Crippen LogP contribution is 2.54. The molecule has 0 radical (unpaired) electrons. The number of benzene rings is 7. The molecule has 1 aliphatic heterocycles. The summed E-state index contributed by atoms with van der Waals surface area (Å²) >= 11 is 0. The predicted octanol–water partition coefficient (Wildman–Crippen LogP) is 17.0. The number of hydrogen-bond acceptors (Lipinski definition) is 2. The highest BCUT2D eigenvalue weighted by atomic mass is 15.2. The minimum Gasteiger partial charge on any atom is -0.355 e. The van der Waals surface area contributed by atoms with Crippen LogP contribution in [0.25, 0.3) is 33.4 Å². The standard InChI is InChI=1S/C67H75BN2/c1-42-34-50-54(66(10,11)32-28-62(50,2)3)40-58(42)70-59-41-55-52(64(6,7)30-33-67(55,12)13)38-56(59)68-61-49(35-46(36-60(61)70)44-22-18-15-19-23-44)48-37-51-53(65(8,9)31-29-63(51,4)5)39-57(48)69-47-26-24-45(25-27-47)43-20-16-14-17-21-43/h14-27,34-41,68-69H,28-33H2,1-13H3. The molecular formula is C67H75BN2. The van der Waals surface area contributed by atoms with Gasteiger partial charge < -0.3 is 10.2 Å². The molecule has 0 spiro atoms. The molecule has 7 aromatic rings. The van der Waals surface area contributed by atoms with E-state index in [1.54, 1.807) is 0 Å². The lowest BCUT2D eigenvalue weighted by Gasteiger charge is -2.46. The van der Waals surface area contributed by atoms with Crippen molar-refractivity contribution in [3.63, 3.8) is 0 Å². The molecule has 0 atom stereocenters. The third-order valence-corrected chi connectivity index (χ3v) is 18.2. The van der Waals surface area contributed by atoms with Crippen molar-refractivity contribution in [2.45, 2.75) is 161 Å². The molecule has 3 aliphatic carbocycles. The Hall–Kier alpha value is -5.80. The van der Waals surface area contributed by atoms with Crippen LogP contribution in [-0.4, -0.2) is 7.28 Å². The van der Waals surface area contributed by atoms with Crippen LogP contribution in [0.15, 0.2) is 133 Å². The van der Waals surface area contributed by atoms with Gasteiger partial charge in [0.2, 0.25) is 0 Å². The van der Waals surface area contributed by atoms with Crippen LogP contribution in [-0.2, 0) is 32.5 Å². The molecule has 0 fully saturated rings. The van der Waals surface area contributed by atoms with Gasteiger partial charge >= 0.3 is 0 Å². The maximum absolute atomic E-state index is 4.10. The van der Waals surface area contributed by atoms with Crippen molar-refractivity contribution >= 4 is 46.6 Å². The van der Waals surface area contributed by atoms with Crippen LogP contribution in [0.2, 0.25) is 0 Å². The summed E-state index contributed by atoms with van der Waals surface area (Å²) in [5.74, 6) is 0. The number of aryl methyl sites for hydroxylation is 1. The number of nitrogens with one attached hydrogen (secondary N) is 1. The quantitative estimate of drug-likeness (QED) is 0.167. The Kier molecular flexibility index (Phi) is 10.7. The van der Waals surface area contributed by atoms with Gasteiger partial charge in [0, 0.05) is 34.0 Å². The largest absolute Gasteiger partial charge is 0.355 e. The molecule has 356 valence electrons. The summed E-state index contributed by atoms with van der Waals surface area (Å²) in [7, 11) is 0.856. The average molecular weight is 919 g/mol. The van der Waals surface area contributed by atoms with E-state index < -0.39 is 0 Å². The second-order valence-electron chi connectivity index (χ2n) is 25.9. The van der Waals surface area contributed by atoms with Gasteiger partial charge in [-0.25, -0.2) is 0 Å². The molecular weight excluding hydrogens is 844 g/mol. The Morgan fingerprint density at radius 2 is 0.814 bits per heavy atom. The molecule has 4 aliphatic rings. The van der Waals surface area contributed by atoms with Crippen LogP contribution in [0, 0.1) is 6.92 Å². The molecule has 0 amide bonds. The van der Waals surface area contributed by atoms with Crippen molar-refractivity contribution in [1.82, 2.24) is 0 Å². The zero-order chi connectivity index (χ0) is 49.3. The summed E-state index contributed by atoms with van der Waals surface area (Å²) in [6.45, 7) is 32.1. The fourth-order valence-corrected chi connectivity index (χ4v) is 13.1. The van der Waals surface area contributed by atoms with Crippen molar-refractivity contribution in [1.29, 1.82) is 0 Å². The van der Waals surface area contributed by atoms with Crippen LogP contribution in [0.5, 0.6) is 0 Å². The van der Waals surface area contributed by atoms with Crippen molar-refractivity contribution < 1.29 is 0 Å².